The summed E-state index contributed by atoms with van der Waals surface area (Å²) in [5, 5.41) is 11.9. The second kappa shape index (κ2) is 3.94. The van der Waals surface area contributed by atoms with Crippen LogP contribution in [0.2, 0.25) is 0 Å². The van der Waals surface area contributed by atoms with Crippen LogP contribution in [0.5, 0.6) is 0 Å². The number of aliphatic hydroxyl groups is 1. The van der Waals surface area contributed by atoms with Crippen molar-refractivity contribution in [3.05, 3.63) is 23.7 Å². The van der Waals surface area contributed by atoms with E-state index in [0.717, 1.165) is 18.7 Å². The lowest BCUT2D eigenvalue weighted by Gasteiger charge is -2.25. The first-order chi connectivity index (χ1) is 5.40. The van der Waals surface area contributed by atoms with Gasteiger partial charge in [0.15, 0.2) is 0 Å². The van der Waals surface area contributed by atoms with Crippen LogP contribution in [-0.4, -0.2) is 11.7 Å². The molecule has 1 fully saturated rings. The quantitative estimate of drug-likeness (QED) is 0.736. The van der Waals surface area contributed by atoms with Crippen LogP contribution >= 0.6 is 12.4 Å². The van der Waals surface area contributed by atoms with Crippen molar-refractivity contribution < 1.29 is 9.52 Å². The van der Waals surface area contributed by atoms with Gasteiger partial charge in [0.05, 0.1) is 6.04 Å². The molecule has 0 unspecified atom stereocenters. The molecule has 1 aromatic rings. The van der Waals surface area contributed by atoms with E-state index in [0.29, 0.717) is 11.8 Å². The largest absolute Gasteiger partial charge is 0.462 e. The van der Waals surface area contributed by atoms with Crippen molar-refractivity contribution in [2.75, 3.05) is 6.54 Å². The monoisotopic (exact) mass is 189 g/mol. The highest BCUT2D eigenvalue weighted by atomic mass is 35.5. The van der Waals surface area contributed by atoms with Crippen LogP contribution < -0.4 is 5.32 Å². The minimum Gasteiger partial charge on any atom is -0.462 e. The molecule has 1 saturated heterocycles. The van der Waals surface area contributed by atoms with Crippen molar-refractivity contribution in [2.24, 2.45) is 0 Å². The van der Waals surface area contributed by atoms with Gasteiger partial charge in [-0.15, -0.1) is 12.4 Å². The van der Waals surface area contributed by atoms with Crippen molar-refractivity contribution in [1.29, 1.82) is 0 Å². The zero-order valence-electron chi connectivity index (χ0n) is 6.62. The Labute approximate surface area is 77.2 Å². The third-order valence-corrected chi connectivity index (χ3v) is 2.01. The Bertz CT molecular complexity index is 245. The molecule has 0 aromatic carbocycles. The Hall–Kier alpha value is -0.510. The van der Waals surface area contributed by atoms with Crippen LogP contribution in [0.4, 0.5) is 0 Å². The number of furan rings is 1. The van der Waals surface area contributed by atoms with E-state index in [9.17, 15) is 0 Å². The first-order valence-electron chi connectivity index (χ1n) is 3.83. The molecule has 1 aliphatic rings. The highest BCUT2D eigenvalue weighted by Gasteiger charge is 2.21. The maximum Gasteiger partial charge on any atom is 0.129 e. The van der Waals surface area contributed by atoms with Crippen molar-refractivity contribution in [1.82, 2.24) is 5.32 Å². The number of hydrogen-bond donors (Lipinski definition) is 2. The van der Waals surface area contributed by atoms with E-state index >= 15 is 0 Å². The lowest BCUT2D eigenvalue weighted by Crippen LogP contribution is -2.34. The maximum atomic E-state index is 8.71. The predicted octanol–water partition coefficient (Wildman–Crippen LogP) is 1.23. The standard InChI is InChI=1S/C8H11NO2.ClH/c10-5-6-1-2-8(11-6)7-3-4-9-7;/h1-2,7,9-10H,3-5H2;1H/t7-;/m1./s1. The molecule has 0 bridgehead atoms. The van der Waals surface area contributed by atoms with Gasteiger partial charge in [-0.25, -0.2) is 0 Å². The first-order valence-corrected chi connectivity index (χ1v) is 3.83. The molecular weight excluding hydrogens is 178 g/mol. The molecule has 0 aliphatic carbocycles. The molecule has 4 heteroatoms. The minimum atomic E-state index is -0.00722. The van der Waals surface area contributed by atoms with Gasteiger partial charge < -0.3 is 14.8 Å². The summed E-state index contributed by atoms with van der Waals surface area (Å²) < 4.78 is 5.32. The van der Waals surface area contributed by atoms with Crippen molar-refractivity contribution >= 4 is 12.4 Å². The van der Waals surface area contributed by atoms with E-state index < -0.39 is 0 Å². The molecule has 0 spiro atoms. The molecule has 12 heavy (non-hydrogen) atoms. The van der Waals surface area contributed by atoms with Gasteiger partial charge in [0.25, 0.3) is 0 Å². The molecule has 2 N–H and O–H groups in total. The van der Waals surface area contributed by atoms with Gasteiger partial charge in [0.1, 0.15) is 18.1 Å². The molecule has 3 nitrogen and oxygen atoms in total. The topological polar surface area (TPSA) is 45.4 Å². The average Bonchev–Trinajstić information content (AvgIpc) is 2.32. The van der Waals surface area contributed by atoms with Gasteiger partial charge in [-0.3, -0.25) is 0 Å². The molecule has 0 radical (unpaired) electrons. The fourth-order valence-electron chi connectivity index (χ4n) is 1.20. The molecular formula is C8H12ClNO2. The third kappa shape index (κ3) is 1.63. The number of nitrogens with one attached hydrogen (secondary N) is 1. The molecule has 68 valence electrons. The molecule has 1 atom stereocenters. The number of hydrogen-bond acceptors (Lipinski definition) is 3. The zero-order valence-corrected chi connectivity index (χ0v) is 7.43. The summed E-state index contributed by atoms with van der Waals surface area (Å²) in [5.74, 6) is 1.59. The zero-order chi connectivity index (χ0) is 7.68. The van der Waals surface area contributed by atoms with Crippen molar-refractivity contribution in [2.45, 2.75) is 19.1 Å². The first kappa shape index (κ1) is 9.58. The normalized spacial score (nSPS) is 21.2. The van der Waals surface area contributed by atoms with Gasteiger partial charge in [-0.2, -0.15) is 0 Å². The third-order valence-electron chi connectivity index (χ3n) is 2.01. The number of rotatable bonds is 2. The van der Waals surface area contributed by atoms with Gasteiger partial charge in [-0.05, 0) is 25.1 Å². The van der Waals surface area contributed by atoms with Crippen LogP contribution in [0.15, 0.2) is 16.5 Å². The summed E-state index contributed by atoms with van der Waals surface area (Å²) in [6.07, 6.45) is 1.14. The van der Waals surface area contributed by atoms with Crippen LogP contribution in [0.3, 0.4) is 0 Å². The van der Waals surface area contributed by atoms with Gasteiger partial charge in [0.2, 0.25) is 0 Å². The summed E-state index contributed by atoms with van der Waals surface area (Å²) in [5.41, 5.74) is 0. The number of aliphatic hydroxyl groups excluding tert-OH is 1. The summed E-state index contributed by atoms with van der Waals surface area (Å²) in [7, 11) is 0. The molecule has 1 aliphatic heterocycles. The van der Waals surface area contributed by atoms with E-state index in [1.807, 2.05) is 12.1 Å². The summed E-state index contributed by atoms with van der Waals surface area (Å²) in [6.45, 7) is 1.06. The van der Waals surface area contributed by atoms with Crippen LogP contribution in [0.25, 0.3) is 0 Å². The highest BCUT2D eigenvalue weighted by molar-refractivity contribution is 5.85. The van der Waals surface area contributed by atoms with E-state index in [1.165, 1.54) is 0 Å². The minimum absolute atomic E-state index is 0. The van der Waals surface area contributed by atoms with Gasteiger partial charge in [-0.1, -0.05) is 0 Å². The molecule has 1 aromatic heterocycles. The smallest absolute Gasteiger partial charge is 0.129 e. The fourth-order valence-corrected chi connectivity index (χ4v) is 1.20. The van der Waals surface area contributed by atoms with Crippen molar-refractivity contribution in [3.63, 3.8) is 0 Å². The predicted molar refractivity (Wildman–Crippen MR) is 47.2 cm³/mol. The molecule has 0 saturated carbocycles. The van der Waals surface area contributed by atoms with Gasteiger partial charge in [0, 0.05) is 0 Å². The number of halogens is 1. The Morgan fingerprint density at radius 2 is 2.33 bits per heavy atom. The highest BCUT2D eigenvalue weighted by Crippen LogP contribution is 2.24. The van der Waals surface area contributed by atoms with Crippen LogP contribution in [0, 0.1) is 0 Å². The second-order valence-electron chi connectivity index (χ2n) is 2.76. The Kier molecular flexibility index (Phi) is 3.14. The molecule has 2 rings (SSSR count). The fraction of sp³-hybridized carbons (Fsp3) is 0.500. The summed E-state index contributed by atoms with van der Waals surface area (Å²) in [6, 6.07) is 4.12. The van der Waals surface area contributed by atoms with E-state index in [4.69, 9.17) is 9.52 Å². The average molecular weight is 190 g/mol. The Morgan fingerprint density at radius 1 is 1.58 bits per heavy atom. The summed E-state index contributed by atoms with van der Waals surface area (Å²) in [4.78, 5) is 0. The van der Waals surface area contributed by atoms with Gasteiger partial charge >= 0.3 is 0 Å². The molecule has 0 amide bonds. The van der Waals surface area contributed by atoms with E-state index in [2.05, 4.69) is 5.32 Å². The SMILES string of the molecule is Cl.OCc1ccc([C@H]2CCN2)o1. The second-order valence-corrected chi connectivity index (χ2v) is 2.76. The summed E-state index contributed by atoms with van der Waals surface area (Å²) >= 11 is 0. The van der Waals surface area contributed by atoms with Crippen molar-refractivity contribution in [3.8, 4) is 0 Å². The van der Waals surface area contributed by atoms with E-state index in [-0.39, 0.29) is 19.0 Å². The van der Waals surface area contributed by atoms with E-state index in [1.54, 1.807) is 0 Å². The van der Waals surface area contributed by atoms with Crippen LogP contribution in [-0.2, 0) is 6.61 Å². The lowest BCUT2D eigenvalue weighted by molar-refractivity contribution is 0.231. The molecule has 2 heterocycles. The van der Waals surface area contributed by atoms with Crippen LogP contribution in [0.1, 0.15) is 24.0 Å². The lowest BCUT2D eigenvalue weighted by atomic mass is 10.1. The maximum absolute atomic E-state index is 8.71. The Morgan fingerprint density at radius 3 is 2.75 bits per heavy atom. The Balaban J connectivity index is 0.000000720.